The van der Waals surface area contributed by atoms with Crippen LogP contribution in [0.5, 0.6) is 0 Å². The highest BCUT2D eigenvalue weighted by Gasteiger charge is 2.57. The minimum Gasteiger partial charge on any atom is -0.370 e. The van der Waals surface area contributed by atoms with E-state index in [9.17, 15) is 24.6 Å². The SMILES string of the molecule is COCNCC(F)([N+](=O)[O-])[N+](=O)[O-]. The van der Waals surface area contributed by atoms with Crippen LogP contribution in [0, 0.1) is 20.2 Å². The van der Waals surface area contributed by atoms with Crippen LogP contribution in [0.4, 0.5) is 4.39 Å². The van der Waals surface area contributed by atoms with Gasteiger partial charge in [0.15, 0.2) is 6.54 Å². The van der Waals surface area contributed by atoms with E-state index in [4.69, 9.17) is 0 Å². The standard InChI is InChI=1S/C4H8FN3O5/c1-13-3-6-2-4(5,7(9)10)8(11)12/h6H,2-3H2,1H3. The number of ether oxygens (including phenoxy) is 1. The average molecular weight is 197 g/mol. The number of alkyl halides is 1. The molecule has 0 aromatic heterocycles. The fourth-order valence-electron chi connectivity index (χ4n) is 0.508. The molecule has 0 heterocycles. The number of methoxy groups -OCH3 is 1. The molecule has 1 N–H and O–H groups in total. The number of nitro groups is 2. The largest absolute Gasteiger partial charge is 0.626 e. The Labute approximate surface area is 72.0 Å². The third-order valence-electron chi connectivity index (χ3n) is 1.16. The topological polar surface area (TPSA) is 108 Å². The maximum absolute atomic E-state index is 12.8. The van der Waals surface area contributed by atoms with Gasteiger partial charge in [-0.3, -0.25) is 25.5 Å². The highest BCUT2D eigenvalue weighted by atomic mass is 19.2. The zero-order chi connectivity index (χ0) is 10.5. The minimum absolute atomic E-state index is 0.201. The fourth-order valence-corrected chi connectivity index (χ4v) is 0.508. The van der Waals surface area contributed by atoms with E-state index < -0.39 is 22.3 Å². The summed E-state index contributed by atoms with van der Waals surface area (Å²) in [6.07, 6.45) is 0. The number of rotatable bonds is 6. The zero-order valence-electron chi connectivity index (χ0n) is 6.73. The van der Waals surface area contributed by atoms with Gasteiger partial charge in [-0.15, -0.1) is 0 Å². The van der Waals surface area contributed by atoms with Crippen molar-refractivity contribution < 1.29 is 19.0 Å². The van der Waals surface area contributed by atoms with Gasteiger partial charge in [0.2, 0.25) is 0 Å². The summed E-state index contributed by atoms with van der Waals surface area (Å²) in [4.78, 5) is 16.7. The summed E-state index contributed by atoms with van der Waals surface area (Å²) < 4.78 is 17.2. The van der Waals surface area contributed by atoms with E-state index in [1.165, 1.54) is 7.11 Å². The molecule has 9 heteroatoms. The van der Waals surface area contributed by atoms with Gasteiger partial charge in [0.25, 0.3) is 0 Å². The van der Waals surface area contributed by atoms with Crippen LogP contribution in [-0.4, -0.2) is 36.1 Å². The van der Waals surface area contributed by atoms with Crippen LogP contribution in [0.25, 0.3) is 0 Å². The van der Waals surface area contributed by atoms with Gasteiger partial charge in [-0.1, -0.05) is 4.39 Å². The Morgan fingerprint density at radius 3 is 2.23 bits per heavy atom. The molecular weight excluding hydrogens is 189 g/mol. The lowest BCUT2D eigenvalue weighted by molar-refractivity contribution is -0.828. The molecule has 0 rings (SSSR count). The molecule has 0 unspecified atom stereocenters. The van der Waals surface area contributed by atoms with Crippen molar-refractivity contribution in [1.29, 1.82) is 0 Å². The van der Waals surface area contributed by atoms with Crippen molar-refractivity contribution in [2.45, 2.75) is 5.92 Å². The Kier molecular flexibility index (Phi) is 4.14. The predicted octanol–water partition coefficient (Wildman–Crippen LogP) is -0.643. The van der Waals surface area contributed by atoms with Crippen LogP contribution in [0.3, 0.4) is 0 Å². The van der Waals surface area contributed by atoms with Crippen LogP contribution in [0.2, 0.25) is 0 Å². The first kappa shape index (κ1) is 11.6. The van der Waals surface area contributed by atoms with Crippen LogP contribution < -0.4 is 5.32 Å². The molecule has 0 spiro atoms. The van der Waals surface area contributed by atoms with Crippen LogP contribution >= 0.6 is 0 Å². The van der Waals surface area contributed by atoms with Gasteiger partial charge in [-0.05, 0) is 0 Å². The van der Waals surface area contributed by atoms with Crippen molar-refractivity contribution in [3.63, 3.8) is 0 Å². The minimum atomic E-state index is -3.70. The number of halogens is 1. The lowest BCUT2D eigenvalue weighted by Gasteiger charge is -2.08. The molecule has 0 amide bonds. The fraction of sp³-hybridized carbons (Fsp3) is 1.00. The Morgan fingerprint density at radius 2 is 1.92 bits per heavy atom. The van der Waals surface area contributed by atoms with Gasteiger partial charge in [0.05, 0.1) is 6.73 Å². The Bertz CT molecular complexity index is 196. The first-order valence-corrected chi connectivity index (χ1v) is 3.12. The Balaban J connectivity index is 4.26. The van der Waals surface area contributed by atoms with Gasteiger partial charge >= 0.3 is 5.92 Å². The summed E-state index contributed by atoms with van der Waals surface area (Å²) in [6.45, 7) is -1.24. The van der Waals surface area contributed by atoms with Crippen molar-refractivity contribution in [3.05, 3.63) is 20.2 Å². The summed E-state index contributed by atoms with van der Waals surface area (Å²) in [5.41, 5.74) is 0. The molecule has 0 atom stereocenters. The summed E-state index contributed by atoms with van der Waals surface area (Å²) >= 11 is 0. The lowest BCUT2D eigenvalue weighted by atomic mass is 10.5. The molecule has 0 aliphatic carbocycles. The monoisotopic (exact) mass is 197 g/mol. The quantitative estimate of drug-likeness (QED) is 0.199. The van der Waals surface area contributed by atoms with Crippen LogP contribution in [-0.2, 0) is 4.74 Å². The maximum Gasteiger partial charge on any atom is 0.626 e. The lowest BCUT2D eigenvalue weighted by Crippen LogP contribution is -2.50. The van der Waals surface area contributed by atoms with E-state index in [0.29, 0.717) is 0 Å². The molecule has 0 radical (unpaired) electrons. The highest BCUT2D eigenvalue weighted by molar-refractivity contribution is 4.54. The van der Waals surface area contributed by atoms with Gasteiger partial charge in [0.1, 0.15) is 9.85 Å². The molecule has 0 aromatic rings. The first-order valence-electron chi connectivity index (χ1n) is 3.12. The molecule has 0 aromatic carbocycles. The molecular formula is C4H8FN3O5. The number of hydrogen-bond donors (Lipinski definition) is 1. The summed E-state index contributed by atoms with van der Waals surface area (Å²) in [6, 6.07) is 0. The molecule has 0 saturated heterocycles. The summed E-state index contributed by atoms with van der Waals surface area (Å²) in [7, 11) is 1.26. The van der Waals surface area contributed by atoms with E-state index >= 15 is 0 Å². The highest BCUT2D eigenvalue weighted by Crippen LogP contribution is 2.10. The Morgan fingerprint density at radius 1 is 1.46 bits per heavy atom. The molecule has 8 nitrogen and oxygen atoms in total. The van der Waals surface area contributed by atoms with E-state index in [1.54, 1.807) is 0 Å². The maximum atomic E-state index is 12.8. The third-order valence-corrected chi connectivity index (χ3v) is 1.16. The predicted molar refractivity (Wildman–Crippen MR) is 37.7 cm³/mol. The molecule has 0 aliphatic rings. The molecule has 0 aliphatic heterocycles. The smallest absolute Gasteiger partial charge is 0.370 e. The molecule has 13 heavy (non-hydrogen) atoms. The van der Waals surface area contributed by atoms with Gasteiger partial charge < -0.3 is 4.74 Å². The van der Waals surface area contributed by atoms with E-state index in [2.05, 4.69) is 10.1 Å². The van der Waals surface area contributed by atoms with E-state index in [0.717, 1.165) is 0 Å². The van der Waals surface area contributed by atoms with Crippen molar-refractivity contribution in [2.24, 2.45) is 0 Å². The molecule has 0 fully saturated rings. The van der Waals surface area contributed by atoms with Gasteiger partial charge in [-0.25, -0.2) is 0 Å². The van der Waals surface area contributed by atoms with E-state index in [-0.39, 0.29) is 6.73 Å². The number of nitrogens with one attached hydrogen (secondary N) is 1. The van der Waals surface area contributed by atoms with Gasteiger partial charge in [-0.2, -0.15) is 0 Å². The zero-order valence-corrected chi connectivity index (χ0v) is 6.73. The normalized spacial score (nSPS) is 11.2. The number of hydrogen-bond acceptors (Lipinski definition) is 6. The van der Waals surface area contributed by atoms with Crippen molar-refractivity contribution in [1.82, 2.24) is 5.32 Å². The second-order valence-electron chi connectivity index (χ2n) is 2.09. The second-order valence-corrected chi connectivity index (χ2v) is 2.09. The second kappa shape index (κ2) is 4.62. The van der Waals surface area contributed by atoms with Crippen molar-refractivity contribution in [2.75, 3.05) is 20.4 Å². The van der Waals surface area contributed by atoms with Crippen molar-refractivity contribution >= 4 is 0 Å². The summed E-state index contributed by atoms with van der Waals surface area (Å²) in [5.74, 6) is -3.70. The number of nitrogens with zero attached hydrogens (tertiary/aromatic N) is 2. The summed E-state index contributed by atoms with van der Waals surface area (Å²) in [5, 5.41) is 22.0. The van der Waals surface area contributed by atoms with Crippen LogP contribution in [0.1, 0.15) is 0 Å². The first-order chi connectivity index (χ1) is 5.95. The average Bonchev–Trinajstić information content (AvgIpc) is 2.03. The third kappa shape index (κ3) is 2.87. The Hall–Kier alpha value is -1.35. The molecule has 0 bridgehead atoms. The molecule has 76 valence electrons. The molecule has 0 saturated carbocycles. The van der Waals surface area contributed by atoms with Crippen molar-refractivity contribution in [3.8, 4) is 0 Å². The van der Waals surface area contributed by atoms with Gasteiger partial charge in [0, 0.05) is 7.11 Å². The van der Waals surface area contributed by atoms with Crippen LogP contribution in [0.15, 0.2) is 0 Å². The van der Waals surface area contributed by atoms with E-state index in [1.807, 2.05) is 0 Å².